The summed E-state index contributed by atoms with van der Waals surface area (Å²) in [5, 5.41) is 1.66. The Hall–Kier alpha value is -1.86. The highest BCUT2D eigenvalue weighted by atomic mass is 35.5. The van der Waals surface area contributed by atoms with Crippen molar-refractivity contribution in [3.05, 3.63) is 65.8 Å². The molecule has 3 aromatic rings. The molecular weight excluding hydrogens is 230 g/mol. The van der Waals surface area contributed by atoms with Gasteiger partial charge in [-0.05, 0) is 23.3 Å². The number of aromatic nitrogens is 1. The van der Waals surface area contributed by atoms with E-state index in [1.165, 1.54) is 0 Å². The molecule has 2 aromatic carbocycles. The third kappa shape index (κ3) is 1.90. The quantitative estimate of drug-likeness (QED) is 0.568. The maximum atomic E-state index is 6.06. The minimum absolute atomic E-state index is 0.530. The number of hydrogen-bond acceptors (Lipinski definition) is 1. The standard InChI is InChI=1S/C15H10ClN/c16-15-10-13(11-6-2-1-3-7-11)12-8-4-5-9-14(12)17-15/h1-10H. The highest BCUT2D eigenvalue weighted by Gasteiger charge is 2.05. The van der Waals surface area contributed by atoms with E-state index in [0.29, 0.717) is 5.15 Å². The number of pyridine rings is 1. The Kier molecular flexibility index (Phi) is 2.54. The topological polar surface area (TPSA) is 12.9 Å². The monoisotopic (exact) mass is 239 g/mol. The van der Waals surface area contributed by atoms with E-state index >= 15 is 0 Å². The summed E-state index contributed by atoms with van der Waals surface area (Å²) in [4.78, 5) is 4.33. The molecule has 17 heavy (non-hydrogen) atoms. The molecule has 0 aliphatic rings. The summed E-state index contributed by atoms with van der Waals surface area (Å²) in [6.07, 6.45) is 0. The smallest absolute Gasteiger partial charge is 0.130 e. The number of hydrogen-bond donors (Lipinski definition) is 0. The molecular formula is C15H10ClN. The molecule has 0 amide bonds. The third-order valence-electron chi connectivity index (χ3n) is 2.77. The lowest BCUT2D eigenvalue weighted by Crippen LogP contribution is -1.85. The zero-order chi connectivity index (χ0) is 11.7. The second kappa shape index (κ2) is 4.19. The number of halogens is 1. The summed E-state index contributed by atoms with van der Waals surface area (Å²) in [5.41, 5.74) is 3.22. The Balaban J connectivity index is 2.36. The summed E-state index contributed by atoms with van der Waals surface area (Å²) in [6, 6.07) is 20.2. The highest BCUT2D eigenvalue weighted by Crippen LogP contribution is 2.29. The van der Waals surface area contributed by atoms with E-state index in [1.807, 2.05) is 42.5 Å². The summed E-state index contributed by atoms with van der Waals surface area (Å²) >= 11 is 6.06. The predicted molar refractivity (Wildman–Crippen MR) is 72.2 cm³/mol. The molecule has 0 N–H and O–H groups in total. The maximum absolute atomic E-state index is 6.06. The van der Waals surface area contributed by atoms with Crippen molar-refractivity contribution in [1.82, 2.24) is 4.98 Å². The Morgan fingerprint density at radius 1 is 0.824 bits per heavy atom. The lowest BCUT2D eigenvalue weighted by Gasteiger charge is -2.06. The molecule has 0 bridgehead atoms. The first-order chi connectivity index (χ1) is 8.34. The molecule has 0 saturated heterocycles. The van der Waals surface area contributed by atoms with Crippen molar-refractivity contribution < 1.29 is 0 Å². The van der Waals surface area contributed by atoms with Gasteiger partial charge in [-0.25, -0.2) is 4.98 Å². The van der Waals surface area contributed by atoms with E-state index < -0.39 is 0 Å². The molecule has 1 aromatic heterocycles. The lowest BCUT2D eigenvalue weighted by atomic mass is 10.0. The Labute approximate surface area is 105 Å². The van der Waals surface area contributed by atoms with Crippen LogP contribution in [0.25, 0.3) is 22.0 Å². The summed E-state index contributed by atoms with van der Waals surface area (Å²) in [6.45, 7) is 0. The van der Waals surface area contributed by atoms with Gasteiger partial charge in [0.1, 0.15) is 5.15 Å². The zero-order valence-electron chi connectivity index (χ0n) is 9.10. The fraction of sp³-hybridized carbons (Fsp3) is 0. The second-order valence-electron chi connectivity index (χ2n) is 3.88. The zero-order valence-corrected chi connectivity index (χ0v) is 9.85. The average Bonchev–Trinajstić information content (AvgIpc) is 2.39. The molecule has 0 fully saturated rings. The SMILES string of the molecule is Clc1cc(-c2ccccc2)c2ccccc2n1. The molecule has 3 rings (SSSR count). The van der Waals surface area contributed by atoms with Gasteiger partial charge in [0.25, 0.3) is 0 Å². The molecule has 1 nitrogen and oxygen atoms in total. The van der Waals surface area contributed by atoms with E-state index in [0.717, 1.165) is 22.0 Å². The first kappa shape index (κ1) is 10.3. The van der Waals surface area contributed by atoms with Crippen molar-refractivity contribution in [2.24, 2.45) is 0 Å². The van der Waals surface area contributed by atoms with Gasteiger partial charge >= 0.3 is 0 Å². The van der Waals surface area contributed by atoms with Crippen LogP contribution in [0.1, 0.15) is 0 Å². The first-order valence-corrected chi connectivity index (χ1v) is 5.83. The molecule has 0 unspecified atom stereocenters. The van der Waals surface area contributed by atoms with Crippen molar-refractivity contribution in [2.75, 3.05) is 0 Å². The van der Waals surface area contributed by atoms with Crippen LogP contribution in [0, 0.1) is 0 Å². The van der Waals surface area contributed by atoms with Gasteiger partial charge in [0.15, 0.2) is 0 Å². The van der Waals surface area contributed by atoms with Crippen LogP contribution in [-0.4, -0.2) is 4.98 Å². The summed E-state index contributed by atoms with van der Waals surface area (Å²) in [5.74, 6) is 0. The number of para-hydroxylation sites is 1. The molecule has 0 radical (unpaired) electrons. The molecule has 1 heterocycles. The summed E-state index contributed by atoms with van der Waals surface area (Å²) < 4.78 is 0. The van der Waals surface area contributed by atoms with E-state index in [2.05, 4.69) is 23.2 Å². The van der Waals surface area contributed by atoms with Gasteiger partial charge in [-0.2, -0.15) is 0 Å². The second-order valence-corrected chi connectivity index (χ2v) is 4.26. The van der Waals surface area contributed by atoms with E-state index in [-0.39, 0.29) is 0 Å². The number of nitrogens with zero attached hydrogens (tertiary/aromatic N) is 1. The van der Waals surface area contributed by atoms with Crippen LogP contribution in [0.5, 0.6) is 0 Å². The molecule has 82 valence electrons. The first-order valence-electron chi connectivity index (χ1n) is 5.45. The molecule has 0 aliphatic heterocycles. The number of rotatable bonds is 1. The van der Waals surface area contributed by atoms with E-state index in [1.54, 1.807) is 0 Å². The van der Waals surface area contributed by atoms with Gasteiger partial charge in [-0.3, -0.25) is 0 Å². The normalized spacial score (nSPS) is 10.6. The molecule has 0 spiro atoms. The van der Waals surface area contributed by atoms with Gasteiger partial charge in [0, 0.05) is 5.39 Å². The van der Waals surface area contributed by atoms with Crippen molar-refractivity contribution >= 4 is 22.5 Å². The Morgan fingerprint density at radius 3 is 2.35 bits per heavy atom. The molecule has 2 heteroatoms. The minimum Gasteiger partial charge on any atom is -0.236 e. The van der Waals surface area contributed by atoms with Gasteiger partial charge in [-0.1, -0.05) is 60.1 Å². The van der Waals surface area contributed by atoms with E-state index in [9.17, 15) is 0 Å². The van der Waals surface area contributed by atoms with Crippen molar-refractivity contribution in [3.8, 4) is 11.1 Å². The predicted octanol–water partition coefficient (Wildman–Crippen LogP) is 4.56. The summed E-state index contributed by atoms with van der Waals surface area (Å²) in [7, 11) is 0. The van der Waals surface area contributed by atoms with Crippen molar-refractivity contribution in [1.29, 1.82) is 0 Å². The van der Waals surface area contributed by atoms with Crippen LogP contribution in [-0.2, 0) is 0 Å². The fourth-order valence-corrected chi connectivity index (χ4v) is 2.20. The van der Waals surface area contributed by atoms with Crippen LogP contribution in [0.4, 0.5) is 0 Å². The maximum Gasteiger partial charge on any atom is 0.130 e. The average molecular weight is 240 g/mol. The largest absolute Gasteiger partial charge is 0.236 e. The number of fused-ring (bicyclic) bond motifs is 1. The molecule has 0 atom stereocenters. The third-order valence-corrected chi connectivity index (χ3v) is 2.96. The lowest BCUT2D eigenvalue weighted by molar-refractivity contribution is 1.41. The van der Waals surface area contributed by atoms with E-state index in [4.69, 9.17) is 11.6 Å². The van der Waals surface area contributed by atoms with Gasteiger partial charge in [-0.15, -0.1) is 0 Å². The van der Waals surface area contributed by atoms with Crippen LogP contribution in [0.15, 0.2) is 60.7 Å². The Morgan fingerprint density at radius 2 is 1.53 bits per heavy atom. The van der Waals surface area contributed by atoms with Gasteiger partial charge in [0.2, 0.25) is 0 Å². The minimum atomic E-state index is 0.530. The van der Waals surface area contributed by atoms with Crippen LogP contribution >= 0.6 is 11.6 Å². The van der Waals surface area contributed by atoms with Crippen molar-refractivity contribution in [3.63, 3.8) is 0 Å². The van der Waals surface area contributed by atoms with Crippen LogP contribution in [0.3, 0.4) is 0 Å². The Bertz CT molecular complexity index is 662. The van der Waals surface area contributed by atoms with Crippen LogP contribution < -0.4 is 0 Å². The molecule has 0 aliphatic carbocycles. The molecule has 0 saturated carbocycles. The van der Waals surface area contributed by atoms with Crippen LogP contribution in [0.2, 0.25) is 5.15 Å². The van der Waals surface area contributed by atoms with Gasteiger partial charge < -0.3 is 0 Å². The highest BCUT2D eigenvalue weighted by molar-refractivity contribution is 6.30. The van der Waals surface area contributed by atoms with Crippen molar-refractivity contribution in [2.45, 2.75) is 0 Å². The van der Waals surface area contributed by atoms with Gasteiger partial charge in [0.05, 0.1) is 5.52 Å². The number of benzene rings is 2. The fourth-order valence-electron chi connectivity index (χ4n) is 2.00.